The lowest BCUT2D eigenvalue weighted by molar-refractivity contribution is -0.119. The molecular formula is C23H24N6O4. The number of nitrogens with one attached hydrogen (secondary N) is 1. The molecule has 33 heavy (non-hydrogen) atoms. The third kappa shape index (κ3) is 3.76. The highest BCUT2D eigenvalue weighted by Crippen LogP contribution is 2.33. The Morgan fingerprint density at radius 1 is 1.27 bits per heavy atom. The van der Waals surface area contributed by atoms with Crippen LogP contribution in [0.1, 0.15) is 19.8 Å². The van der Waals surface area contributed by atoms with Gasteiger partial charge in [0, 0.05) is 31.8 Å². The lowest BCUT2D eigenvalue weighted by Crippen LogP contribution is -2.41. The van der Waals surface area contributed by atoms with Crippen LogP contribution in [0, 0.1) is 0 Å². The van der Waals surface area contributed by atoms with Gasteiger partial charge in [-0.1, -0.05) is 0 Å². The number of amides is 1. The van der Waals surface area contributed by atoms with E-state index in [1.54, 1.807) is 23.0 Å². The number of imidazole rings is 1. The van der Waals surface area contributed by atoms with Crippen molar-refractivity contribution in [3.05, 3.63) is 36.7 Å². The summed E-state index contributed by atoms with van der Waals surface area (Å²) >= 11 is 0. The Labute approximate surface area is 189 Å². The van der Waals surface area contributed by atoms with Gasteiger partial charge in [-0.15, -0.1) is 5.10 Å². The van der Waals surface area contributed by atoms with E-state index in [0.717, 1.165) is 42.0 Å². The Kier molecular flexibility index (Phi) is 4.87. The number of hydrogen-bond acceptors (Lipinski definition) is 8. The molecule has 0 spiro atoms. The van der Waals surface area contributed by atoms with Crippen molar-refractivity contribution in [3.8, 4) is 17.3 Å². The van der Waals surface area contributed by atoms with E-state index in [0.29, 0.717) is 36.9 Å². The van der Waals surface area contributed by atoms with Gasteiger partial charge >= 0.3 is 0 Å². The molecule has 0 saturated carbocycles. The predicted molar refractivity (Wildman–Crippen MR) is 120 cm³/mol. The minimum absolute atomic E-state index is 0.0152. The number of anilines is 1. The number of ether oxygens (including phenoxy) is 2. The molecule has 4 aromatic heterocycles. The quantitative estimate of drug-likeness (QED) is 0.496. The first-order valence-corrected chi connectivity index (χ1v) is 11.2. The van der Waals surface area contributed by atoms with E-state index >= 15 is 0 Å². The number of carbonyl (C=O) groups excluding carboxylic acids is 1. The van der Waals surface area contributed by atoms with Gasteiger partial charge in [-0.25, -0.2) is 14.5 Å². The van der Waals surface area contributed by atoms with Crippen molar-refractivity contribution in [1.29, 1.82) is 0 Å². The molecule has 1 amide bonds. The summed E-state index contributed by atoms with van der Waals surface area (Å²) < 4.78 is 19.4. The van der Waals surface area contributed by atoms with Crippen LogP contribution in [0.2, 0.25) is 0 Å². The van der Waals surface area contributed by atoms with Crippen molar-refractivity contribution >= 4 is 28.3 Å². The second-order valence-electron chi connectivity index (χ2n) is 8.48. The fraction of sp³-hybridized carbons (Fsp3) is 0.391. The maximum atomic E-state index is 11.4. The maximum Gasteiger partial charge on any atom is 0.231 e. The molecule has 2 saturated heterocycles. The minimum Gasteiger partial charge on any atom is -0.474 e. The van der Waals surface area contributed by atoms with Crippen molar-refractivity contribution in [2.45, 2.75) is 31.9 Å². The molecule has 10 heteroatoms. The smallest absolute Gasteiger partial charge is 0.231 e. The van der Waals surface area contributed by atoms with Gasteiger partial charge in [-0.3, -0.25) is 4.79 Å². The molecule has 1 N–H and O–H groups in total. The summed E-state index contributed by atoms with van der Waals surface area (Å²) in [5.41, 5.74) is 2.17. The Bertz CT molecular complexity index is 1330. The Balaban J connectivity index is 1.31. The zero-order chi connectivity index (χ0) is 22.4. The second-order valence-corrected chi connectivity index (χ2v) is 8.48. The van der Waals surface area contributed by atoms with E-state index in [1.807, 2.05) is 18.2 Å². The Hall–Kier alpha value is -3.66. The predicted octanol–water partition coefficient (Wildman–Crippen LogP) is 2.42. The SMILES string of the molecule is C[C@@H]1CN(c2nccc3oc(-c4cnc5ccc(OC[C@H]6CCC(=O)N6)nn45)cc23)CCO1. The molecule has 2 fully saturated rings. The second kappa shape index (κ2) is 8.04. The average Bonchev–Trinajstić information content (AvgIpc) is 3.54. The van der Waals surface area contributed by atoms with Crippen molar-refractivity contribution < 1.29 is 18.7 Å². The van der Waals surface area contributed by atoms with Gasteiger partial charge in [-0.05, 0) is 31.5 Å². The van der Waals surface area contributed by atoms with Crippen LogP contribution in [-0.2, 0) is 9.53 Å². The van der Waals surface area contributed by atoms with E-state index in [-0.39, 0.29) is 18.1 Å². The lowest BCUT2D eigenvalue weighted by atomic mass is 10.2. The molecule has 170 valence electrons. The number of rotatable bonds is 5. The van der Waals surface area contributed by atoms with Crippen molar-refractivity contribution in [2.24, 2.45) is 0 Å². The van der Waals surface area contributed by atoms with Crippen LogP contribution in [0.15, 0.2) is 41.1 Å². The number of morpholine rings is 1. The normalized spacial score (nSPS) is 21.1. The molecule has 2 aliphatic rings. The highest BCUT2D eigenvalue weighted by atomic mass is 16.5. The number of carbonyl (C=O) groups is 1. The van der Waals surface area contributed by atoms with Gasteiger partial charge in [0.1, 0.15) is 23.7 Å². The third-order valence-electron chi connectivity index (χ3n) is 6.07. The minimum atomic E-state index is 0.0152. The fourth-order valence-corrected chi connectivity index (χ4v) is 4.43. The number of nitrogens with zero attached hydrogens (tertiary/aromatic N) is 5. The number of pyridine rings is 1. The molecular weight excluding hydrogens is 424 g/mol. The molecule has 10 nitrogen and oxygen atoms in total. The van der Waals surface area contributed by atoms with E-state index in [2.05, 4.69) is 32.2 Å². The van der Waals surface area contributed by atoms with Crippen LogP contribution in [0.4, 0.5) is 5.82 Å². The van der Waals surface area contributed by atoms with Crippen LogP contribution in [0.3, 0.4) is 0 Å². The molecule has 2 atom stereocenters. The molecule has 6 rings (SSSR count). The average molecular weight is 448 g/mol. The molecule has 6 heterocycles. The van der Waals surface area contributed by atoms with E-state index in [4.69, 9.17) is 13.9 Å². The van der Waals surface area contributed by atoms with Crippen LogP contribution in [0.25, 0.3) is 28.1 Å². The fourth-order valence-electron chi connectivity index (χ4n) is 4.43. The topological polar surface area (TPSA) is 107 Å². The van der Waals surface area contributed by atoms with Gasteiger partial charge in [0.25, 0.3) is 0 Å². The van der Waals surface area contributed by atoms with Gasteiger partial charge in [0.15, 0.2) is 11.4 Å². The van der Waals surface area contributed by atoms with E-state index in [1.165, 1.54) is 0 Å². The van der Waals surface area contributed by atoms with Crippen molar-refractivity contribution in [2.75, 3.05) is 31.2 Å². The molecule has 0 aliphatic carbocycles. The van der Waals surface area contributed by atoms with Gasteiger partial charge in [0.05, 0.1) is 30.3 Å². The lowest BCUT2D eigenvalue weighted by Gasteiger charge is -2.32. The molecule has 0 unspecified atom stereocenters. The summed E-state index contributed by atoms with van der Waals surface area (Å²) in [6.07, 6.45) is 4.98. The van der Waals surface area contributed by atoms with Gasteiger partial charge in [0.2, 0.25) is 11.8 Å². The first-order valence-electron chi connectivity index (χ1n) is 11.2. The maximum absolute atomic E-state index is 11.4. The highest BCUT2D eigenvalue weighted by molar-refractivity contribution is 5.92. The summed E-state index contributed by atoms with van der Waals surface area (Å²) in [6, 6.07) is 7.51. The Morgan fingerprint density at radius 3 is 3.06 bits per heavy atom. The molecule has 0 aromatic carbocycles. The molecule has 0 bridgehead atoms. The summed E-state index contributed by atoms with van der Waals surface area (Å²) in [5, 5.41) is 8.45. The zero-order valence-electron chi connectivity index (χ0n) is 18.2. The van der Waals surface area contributed by atoms with Crippen LogP contribution in [-0.4, -0.2) is 63.9 Å². The first kappa shape index (κ1) is 20.0. The highest BCUT2D eigenvalue weighted by Gasteiger charge is 2.23. The summed E-state index contributed by atoms with van der Waals surface area (Å²) in [5.74, 6) is 2.07. The van der Waals surface area contributed by atoms with E-state index < -0.39 is 0 Å². The van der Waals surface area contributed by atoms with Crippen LogP contribution >= 0.6 is 0 Å². The monoisotopic (exact) mass is 448 g/mol. The number of aromatic nitrogens is 4. The van der Waals surface area contributed by atoms with Crippen molar-refractivity contribution in [1.82, 2.24) is 24.9 Å². The standard InChI is InChI=1S/C23H24N6O4/c1-14-12-28(8-9-31-14)23-16-10-19(33-18(16)6-7-24-23)17-11-25-20-3-5-22(27-29(17)20)32-13-15-2-4-21(30)26-15/h3,5-7,10-11,14-15H,2,4,8-9,12-13H2,1H3,(H,26,30)/t14-,15-/m1/s1. The van der Waals surface area contributed by atoms with Crippen LogP contribution in [0.5, 0.6) is 5.88 Å². The largest absolute Gasteiger partial charge is 0.474 e. The summed E-state index contributed by atoms with van der Waals surface area (Å²) in [7, 11) is 0. The first-order chi connectivity index (χ1) is 16.1. The molecule has 2 aliphatic heterocycles. The third-order valence-corrected chi connectivity index (χ3v) is 6.07. The molecule has 0 radical (unpaired) electrons. The molecule has 4 aromatic rings. The van der Waals surface area contributed by atoms with Gasteiger partial charge < -0.3 is 24.1 Å². The number of hydrogen-bond donors (Lipinski definition) is 1. The van der Waals surface area contributed by atoms with Crippen molar-refractivity contribution in [3.63, 3.8) is 0 Å². The summed E-state index contributed by atoms with van der Waals surface area (Å²) in [4.78, 5) is 22.7. The summed E-state index contributed by atoms with van der Waals surface area (Å²) in [6.45, 7) is 4.69. The number of fused-ring (bicyclic) bond motifs is 2. The Morgan fingerprint density at radius 2 is 2.21 bits per heavy atom. The van der Waals surface area contributed by atoms with Crippen LogP contribution < -0.4 is 15.0 Å². The number of furan rings is 1. The van der Waals surface area contributed by atoms with E-state index in [9.17, 15) is 4.79 Å². The zero-order valence-corrected chi connectivity index (χ0v) is 18.2. The van der Waals surface area contributed by atoms with Gasteiger partial charge in [-0.2, -0.15) is 0 Å².